The molecule has 1 aromatic carbocycles. The Kier molecular flexibility index (Phi) is 5.77. The second-order valence-corrected chi connectivity index (χ2v) is 3.08. The smallest absolute Gasteiger partial charge is 0.122 e. The molecule has 0 aliphatic rings. The fraction of sp³-hybridized carbons (Fsp3) is 0.500. The van der Waals surface area contributed by atoms with Crippen molar-refractivity contribution in [1.82, 2.24) is 0 Å². The number of phenolic OH excluding ortho intramolecular Hbond substituents is 1. The lowest BCUT2D eigenvalue weighted by atomic mass is 10.0. The summed E-state index contributed by atoms with van der Waals surface area (Å²) < 4.78 is 5.15. The van der Waals surface area contributed by atoms with Gasteiger partial charge in [0.05, 0.1) is 7.11 Å². The lowest BCUT2D eigenvalue weighted by molar-refractivity contribution is 0.404. The van der Waals surface area contributed by atoms with E-state index in [0.29, 0.717) is 11.7 Å². The quantitative estimate of drug-likeness (QED) is 0.783. The molecule has 0 fully saturated rings. The second kappa shape index (κ2) is 6.30. The van der Waals surface area contributed by atoms with Crippen molar-refractivity contribution < 1.29 is 9.84 Å². The first-order chi connectivity index (χ1) is 6.65. The summed E-state index contributed by atoms with van der Waals surface area (Å²) in [6, 6.07) is 5.15. The molecule has 0 aromatic heterocycles. The van der Waals surface area contributed by atoms with Gasteiger partial charge in [-0.1, -0.05) is 27.7 Å². The Morgan fingerprint density at radius 1 is 1.21 bits per heavy atom. The predicted octanol–water partition coefficient (Wildman–Crippen LogP) is 3.55. The zero-order chi connectivity index (χ0) is 11.1. The summed E-state index contributed by atoms with van der Waals surface area (Å²) in [7, 11) is 1.64. The van der Waals surface area contributed by atoms with Crippen LogP contribution in [0.5, 0.6) is 11.5 Å². The van der Waals surface area contributed by atoms with Crippen LogP contribution in [0, 0.1) is 0 Å². The first-order valence-corrected chi connectivity index (χ1v) is 5.02. The highest BCUT2D eigenvalue weighted by molar-refractivity contribution is 5.41. The number of benzene rings is 1. The summed E-state index contributed by atoms with van der Waals surface area (Å²) in [4.78, 5) is 0. The van der Waals surface area contributed by atoms with Crippen molar-refractivity contribution in [2.45, 2.75) is 33.6 Å². The Labute approximate surface area is 86.5 Å². The standard InChI is InChI=1S/C10H14O2.C2H6/c1-7(2)9-6-8(11)4-5-10(9)12-3;1-2/h4-7,11H,1-3H3;1-2H3. The molecule has 0 saturated heterocycles. The van der Waals surface area contributed by atoms with Crippen LogP contribution in [0.2, 0.25) is 0 Å². The van der Waals surface area contributed by atoms with Crippen LogP contribution in [0.15, 0.2) is 18.2 Å². The maximum Gasteiger partial charge on any atom is 0.122 e. The highest BCUT2D eigenvalue weighted by atomic mass is 16.5. The molecule has 0 spiro atoms. The van der Waals surface area contributed by atoms with E-state index in [0.717, 1.165) is 11.3 Å². The van der Waals surface area contributed by atoms with Gasteiger partial charge in [0.1, 0.15) is 11.5 Å². The zero-order valence-electron chi connectivity index (χ0n) is 9.66. The van der Waals surface area contributed by atoms with Crippen LogP contribution in [0.25, 0.3) is 0 Å². The number of rotatable bonds is 2. The molecule has 2 nitrogen and oxygen atoms in total. The number of phenols is 1. The fourth-order valence-corrected chi connectivity index (χ4v) is 1.17. The van der Waals surface area contributed by atoms with E-state index in [1.54, 1.807) is 25.3 Å². The molecule has 0 heterocycles. The molecular weight excluding hydrogens is 176 g/mol. The Balaban J connectivity index is 0.000000791. The first kappa shape index (κ1) is 12.8. The van der Waals surface area contributed by atoms with Gasteiger partial charge in [-0.2, -0.15) is 0 Å². The van der Waals surface area contributed by atoms with Gasteiger partial charge in [0, 0.05) is 5.56 Å². The van der Waals surface area contributed by atoms with E-state index in [1.165, 1.54) is 0 Å². The average Bonchev–Trinajstić information content (AvgIpc) is 2.20. The van der Waals surface area contributed by atoms with Crippen molar-refractivity contribution in [3.05, 3.63) is 23.8 Å². The SMILES string of the molecule is CC.COc1ccc(O)cc1C(C)C. The summed E-state index contributed by atoms with van der Waals surface area (Å²) in [6.45, 7) is 8.13. The minimum atomic E-state index is 0.291. The summed E-state index contributed by atoms with van der Waals surface area (Å²) in [5.41, 5.74) is 1.04. The number of methoxy groups -OCH3 is 1. The van der Waals surface area contributed by atoms with E-state index < -0.39 is 0 Å². The second-order valence-electron chi connectivity index (χ2n) is 3.08. The maximum atomic E-state index is 9.23. The molecular formula is C12H20O2. The van der Waals surface area contributed by atoms with Gasteiger partial charge in [-0.25, -0.2) is 0 Å². The third-order valence-electron chi connectivity index (χ3n) is 1.84. The van der Waals surface area contributed by atoms with Crippen molar-refractivity contribution in [3.8, 4) is 11.5 Å². The van der Waals surface area contributed by atoms with Crippen molar-refractivity contribution in [3.63, 3.8) is 0 Å². The summed E-state index contributed by atoms with van der Waals surface area (Å²) in [6.07, 6.45) is 0. The van der Waals surface area contributed by atoms with E-state index in [2.05, 4.69) is 13.8 Å². The molecule has 1 aromatic rings. The topological polar surface area (TPSA) is 29.5 Å². The molecule has 0 saturated carbocycles. The predicted molar refractivity (Wildman–Crippen MR) is 60.1 cm³/mol. The molecule has 2 heteroatoms. The van der Waals surface area contributed by atoms with Crippen LogP contribution >= 0.6 is 0 Å². The normalized spacial score (nSPS) is 9.29. The van der Waals surface area contributed by atoms with E-state index in [1.807, 2.05) is 13.8 Å². The molecule has 14 heavy (non-hydrogen) atoms. The zero-order valence-corrected chi connectivity index (χ0v) is 9.66. The minimum absolute atomic E-state index is 0.291. The minimum Gasteiger partial charge on any atom is -0.508 e. The Morgan fingerprint density at radius 2 is 1.79 bits per heavy atom. The molecule has 0 aliphatic heterocycles. The van der Waals surface area contributed by atoms with Gasteiger partial charge in [0.2, 0.25) is 0 Å². The summed E-state index contributed by atoms with van der Waals surface area (Å²) >= 11 is 0. The largest absolute Gasteiger partial charge is 0.508 e. The van der Waals surface area contributed by atoms with Crippen LogP contribution in [0.3, 0.4) is 0 Å². The maximum absolute atomic E-state index is 9.23. The number of hydrogen-bond donors (Lipinski definition) is 1. The van der Waals surface area contributed by atoms with E-state index in [9.17, 15) is 5.11 Å². The monoisotopic (exact) mass is 196 g/mol. The van der Waals surface area contributed by atoms with Crippen molar-refractivity contribution in [1.29, 1.82) is 0 Å². The number of ether oxygens (including phenoxy) is 1. The van der Waals surface area contributed by atoms with E-state index in [-0.39, 0.29) is 0 Å². The molecule has 0 unspecified atom stereocenters. The summed E-state index contributed by atoms with van der Waals surface area (Å²) in [5, 5.41) is 9.23. The van der Waals surface area contributed by atoms with Crippen molar-refractivity contribution in [2.75, 3.05) is 7.11 Å². The summed E-state index contributed by atoms with van der Waals surface area (Å²) in [5.74, 6) is 1.49. The molecule has 0 radical (unpaired) electrons. The van der Waals surface area contributed by atoms with E-state index in [4.69, 9.17) is 4.74 Å². The van der Waals surface area contributed by atoms with Crippen LogP contribution in [-0.4, -0.2) is 12.2 Å². The number of aromatic hydroxyl groups is 1. The third-order valence-corrected chi connectivity index (χ3v) is 1.84. The molecule has 1 rings (SSSR count). The first-order valence-electron chi connectivity index (χ1n) is 5.02. The molecule has 80 valence electrons. The van der Waals surface area contributed by atoms with Gasteiger partial charge in [0.25, 0.3) is 0 Å². The van der Waals surface area contributed by atoms with Crippen LogP contribution < -0.4 is 4.74 Å². The molecule has 0 bridgehead atoms. The van der Waals surface area contributed by atoms with Gasteiger partial charge in [0.15, 0.2) is 0 Å². The van der Waals surface area contributed by atoms with Gasteiger partial charge < -0.3 is 9.84 Å². The van der Waals surface area contributed by atoms with Crippen molar-refractivity contribution in [2.24, 2.45) is 0 Å². The molecule has 0 amide bonds. The lowest BCUT2D eigenvalue weighted by Gasteiger charge is -2.11. The Morgan fingerprint density at radius 3 is 2.21 bits per heavy atom. The van der Waals surface area contributed by atoms with Crippen molar-refractivity contribution >= 4 is 0 Å². The van der Waals surface area contributed by atoms with Gasteiger partial charge in [-0.3, -0.25) is 0 Å². The highest BCUT2D eigenvalue weighted by Gasteiger charge is 2.07. The molecule has 1 N–H and O–H groups in total. The van der Waals surface area contributed by atoms with Gasteiger partial charge in [-0.15, -0.1) is 0 Å². The Hall–Kier alpha value is -1.18. The van der Waals surface area contributed by atoms with Crippen LogP contribution in [-0.2, 0) is 0 Å². The average molecular weight is 196 g/mol. The van der Waals surface area contributed by atoms with E-state index >= 15 is 0 Å². The third kappa shape index (κ3) is 3.29. The van der Waals surface area contributed by atoms with Crippen LogP contribution in [0.4, 0.5) is 0 Å². The van der Waals surface area contributed by atoms with Gasteiger partial charge in [-0.05, 0) is 24.1 Å². The van der Waals surface area contributed by atoms with Crippen LogP contribution in [0.1, 0.15) is 39.2 Å². The fourth-order valence-electron chi connectivity index (χ4n) is 1.17. The molecule has 0 aliphatic carbocycles. The molecule has 0 atom stereocenters. The van der Waals surface area contributed by atoms with Gasteiger partial charge >= 0.3 is 0 Å². The lowest BCUT2D eigenvalue weighted by Crippen LogP contribution is -1.93. The highest BCUT2D eigenvalue weighted by Crippen LogP contribution is 2.29. The Bertz CT molecular complexity index is 267. The number of hydrogen-bond acceptors (Lipinski definition) is 2.